The molecule has 16 heavy (non-hydrogen) atoms. The third-order valence-electron chi connectivity index (χ3n) is 2.30. The number of carbonyl (C=O) groups excluding carboxylic acids is 1. The molecule has 0 bridgehead atoms. The van der Waals surface area contributed by atoms with E-state index in [1.54, 1.807) is 24.3 Å². The number of rotatable bonds is 2. The lowest BCUT2D eigenvalue weighted by molar-refractivity contribution is 0.103. The van der Waals surface area contributed by atoms with Crippen LogP contribution in [-0.4, -0.2) is 5.78 Å². The van der Waals surface area contributed by atoms with E-state index in [1.807, 2.05) is 24.3 Å². The van der Waals surface area contributed by atoms with E-state index >= 15 is 0 Å². The first-order valence-corrected chi connectivity index (χ1v) is 5.70. The minimum Gasteiger partial charge on any atom is -0.289 e. The van der Waals surface area contributed by atoms with E-state index in [-0.39, 0.29) is 5.78 Å². The molecule has 0 N–H and O–H groups in total. The molecule has 0 radical (unpaired) electrons. The molecule has 0 aliphatic rings. The maximum atomic E-state index is 12.2. The molecule has 0 amide bonds. The van der Waals surface area contributed by atoms with Crippen molar-refractivity contribution in [3.63, 3.8) is 0 Å². The predicted octanol–water partition coefficient (Wildman–Crippen LogP) is 3.50. The van der Waals surface area contributed by atoms with E-state index in [1.165, 1.54) is 0 Å². The molecule has 0 saturated carbocycles. The molecule has 2 rings (SSSR count). The summed E-state index contributed by atoms with van der Waals surface area (Å²) in [6.07, 6.45) is 0. The quantitative estimate of drug-likeness (QED) is 0.612. The highest BCUT2D eigenvalue weighted by atomic mass is 32.1. The normalized spacial score (nSPS) is 10.1. The second-order valence-electron chi connectivity index (χ2n) is 3.36. The van der Waals surface area contributed by atoms with Crippen molar-refractivity contribution in [1.29, 1.82) is 0 Å². The summed E-state index contributed by atoms with van der Waals surface area (Å²) < 4.78 is 0. The molecule has 0 atom stereocenters. The summed E-state index contributed by atoms with van der Waals surface area (Å²) in [4.78, 5) is 13.6. The Bertz CT molecular complexity index is 487. The van der Waals surface area contributed by atoms with Crippen LogP contribution in [0.5, 0.6) is 0 Å². The molecule has 2 aromatic carbocycles. The molecule has 0 aromatic heterocycles. The Morgan fingerprint density at radius 2 is 1.12 bits per heavy atom. The van der Waals surface area contributed by atoms with E-state index in [9.17, 15) is 4.79 Å². The monoisotopic (exact) mass is 246 g/mol. The van der Waals surface area contributed by atoms with Crippen molar-refractivity contribution in [3.05, 3.63) is 59.7 Å². The van der Waals surface area contributed by atoms with E-state index in [0.29, 0.717) is 20.9 Å². The van der Waals surface area contributed by atoms with Gasteiger partial charge in [-0.1, -0.05) is 24.3 Å². The van der Waals surface area contributed by atoms with E-state index in [4.69, 9.17) is 0 Å². The second-order valence-corrected chi connectivity index (χ2v) is 4.33. The van der Waals surface area contributed by atoms with Crippen LogP contribution in [0.3, 0.4) is 0 Å². The molecule has 2 aromatic rings. The van der Waals surface area contributed by atoms with Crippen LogP contribution in [0.15, 0.2) is 58.3 Å². The molecular formula is C13H10OS2. The highest BCUT2D eigenvalue weighted by Gasteiger charge is 2.13. The van der Waals surface area contributed by atoms with Crippen molar-refractivity contribution in [2.45, 2.75) is 9.79 Å². The molecule has 0 unspecified atom stereocenters. The summed E-state index contributed by atoms with van der Waals surface area (Å²) in [5.41, 5.74) is 1.21. The lowest BCUT2D eigenvalue weighted by atomic mass is 10.0. The highest BCUT2D eigenvalue weighted by Crippen LogP contribution is 2.21. The number of ketones is 1. The average molecular weight is 246 g/mol. The highest BCUT2D eigenvalue weighted by molar-refractivity contribution is 7.80. The van der Waals surface area contributed by atoms with E-state index in [0.717, 1.165) is 0 Å². The van der Waals surface area contributed by atoms with Crippen LogP contribution in [0.4, 0.5) is 0 Å². The molecule has 1 nitrogen and oxygen atoms in total. The Kier molecular flexibility index (Phi) is 3.36. The zero-order chi connectivity index (χ0) is 11.5. The molecule has 3 heteroatoms. The average Bonchev–Trinajstić information content (AvgIpc) is 2.29. The fourth-order valence-electron chi connectivity index (χ4n) is 1.48. The largest absolute Gasteiger partial charge is 0.289 e. The van der Waals surface area contributed by atoms with Gasteiger partial charge < -0.3 is 0 Å². The van der Waals surface area contributed by atoms with Gasteiger partial charge in [0, 0.05) is 20.9 Å². The van der Waals surface area contributed by atoms with Crippen molar-refractivity contribution in [2.75, 3.05) is 0 Å². The first-order chi connectivity index (χ1) is 7.70. The van der Waals surface area contributed by atoms with Crippen LogP contribution >= 0.6 is 25.3 Å². The first kappa shape index (κ1) is 11.3. The third kappa shape index (κ3) is 2.15. The maximum absolute atomic E-state index is 12.2. The Labute approximate surface area is 105 Å². The first-order valence-electron chi connectivity index (χ1n) is 4.81. The van der Waals surface area contributed by atoms with Gasteiger partial charge in [0.1, 0.15) is 0 Å². The van der Waals surface area contributed by atoms with Crippen LogP contribution in [0, 0.1) is 0 Å². The topological polar surface area (TPSA) is 17.1 Å². The van der Waals surface area contributed by atoms with Crippen molar-refractivity contribution in [2.24, 2.45) is 0 Å². The van der Waals surface area contributed by atoms with Crippen molar-refractivity contribution >= 4 is 31.0 Å². The predicted molar refractivity (Wildman–Crippen MR) is 70.8 cm³/mol. The van der Waals surface area contributed by atoms with Crippen LogP contribution in [0.1, 0.15) is 15.9 Å². The Balaban J connectivity index is 2.48. The van der Waals surface area contributed by atoms with Crippen LogP contribution in [0.2, 0.25) is 0 Å². The van der Waals surface area contributed by atoms with Gasteiger partial charge in [-0.2, -0.15) is 0 Å². The summed E-state index contributed by atoms with van der Waals surface area (Å²) in [7, 11) is 0. The summed E-state index contributed by atoms with van der Waals surface area (Å²) in [5, 5.41) is 0. The molecule has 0 fully saturated rings. The Morgan fingerprint density at radius 3 is 1.50 bits per heavy atom. The van der Waals surface area contributed by atoms with Gasteiger partial charge in [-0.3, -0.25) is 4.79 Å². The fraction of sp³-hybridized carbons (Fsp3) is 0. The van der Waals surface area contributed by atoms with E-state index in [2.05, 4.69) is 25.3 Å². The van der Waals surface area contributed by atoms with Gasteiger partial charge in [-0.05, 0) is 24.3 Å². The van der Waals surface area contributed by atoms with Crippen LogP contribution < -0.4 is 0 Å². The second kappa shape index (κ2) is 4.76. The Hall–Kier alpha value is -1.19. The van der Waals surface area contributed by atoms with Gasteiger partial charge in [0.2, 0.25) is 0 Å². The molecule has 80 valence electrons. The third-order valence-corrected chi connectivity index (χ3v) is 3.08. The van der Waals surface area contributed by atoms with Crippen molar-refractivity contribution < 1.29 is 4.79 Å². The molecule has 0 aliphatic heterocycles. The Morgan fingerprint density at radius 1 is 0.750 bits per heavy atom. The minimum atomic E-state index is -0.0452. The van der Waals surface area contributed by atoms with Gasteiger partial charge in [0.15, 0.2) is 5.78 Å². The summed E-state index contributed by atoms with van der Waals surface area (Å²) in [6.45, 7) is 0. The fourth-order valence-corrected chi connectivity index (χ4v) is 2.00. The molecule has 0 saturated heterocycles. The van der Waals surface area contributed by atoms with Crippen LogP contribution in [-0.2, 0) is 0 Å². The SMILES string of the molecule is O=C(c1ccccc1S)c1ccccc1S. The number of hydrogen-bond acceptors (Lipinski definition) is 3. The standard InChI is InChI=1S/C13H10OS2/c14-13(9-5-1-3-7-11(9)15)10-6-2-4-8-12(10)16/h1-8,15-16H. The molecule has 0 spiro atoms. The van der Waals surface area contributed by atoms with Crippen molar-refractivity contribution in [1.82, 2.24) is 0 Å². The smallest absolute Gasteiger partial charge is 0.195 e. The van der Waals surface area contributed by atoms with E-state index < -0.39 is 0 Å². The van der Waals surface area contributed by atoms with Gasteiger partial charge >= 0.3 is 0 Å². The minimum absolute atomic E-state index is 0.0452. The lowest BCUT2D eigenvalue weighted by Crippen LogP contribution is -2.03. The number of thiol groups is 2. The van der Waals surface area contributed by atoms with Gasteiger partial charge in [0.25, 0.3) is 0 Å². The molecular weight excluding hydrogens is 236 g/mol. The lowest BCUT2D eigenvalue weighted by Gasteiger charge is -2.05. The zero-order valence-corrected chi connectivity index (χ0v) is 10.2. The van der Waals surface area contributed by atoms with Crippen LogP contribution in [0.25, 0.3) is 0 Å². The number of benzene rings is 2. The summed E-state index contributed by atoms with van der Waals surface area (Å²) in [5.74, 6) is -0.0452. The molecule has 0 heterocycles. The van der Waals surface area contributed by atoms with Gasteiger partial charge in [-0.15, -0.1) is 25.3 Å². The summed E-state index contributed by atoms with van der Waals surface area (Å²) >= 11 is 8.55. The number of carbonyl (C=O) groups is 1. The number of hydrogen-bond donors (Lipinski definition) is 2. The zero-order valence-electron chi connectivity index (χ0n) is 8.42. The van der Waals surface area contributed by atoms with Crippen molar-refractivity contribution in [3.8, 4) is 0 Å². The molecule has 0 aliphatic carbocycles. The summed E-state index contributed by atoms with van der Waals surface area (Å²) in [6, 6.07) is 14.5. The van der Waals surface area contributed by atoms with Gasteiger partial charge in [0.05, 0.1) is 0 Å². The maximum Gasteiger partial charge on any atom is 0.195 e. The van der Waals surface area contributed by atoms with Gasteiger partial charge in [-0.25, -0.2) is 0 Å².